The van der Waals surface area contributed by atoms with E-state index >= 15 is 0 Å². The van der Waals surface area contributed by atoms with Crippen LogP contribution in [0.25, 0.3) is 11.3 Å². The Hall–Kier alpha value is -4.80. The van der Waals surface area contributed by atoms with E-state index in [1.54, 1.807) is 30.5 Å². The number of nitrogens with zero attached hydrogens (tertiary/aromatic N) is 1. The van der Waals surface area contributed by atoms with Crippen molar-refractivity contribution in [2.45, 2.75) is 52.7 Å². The van der Waals surface area contributed by atoms with Crippen LogP contribution >= 0.6 is 0 Å². The molecule has 10 heteroatoms. The highest BCUT2D eigenvalue weighted by Crippen LogP contribution is 2.23. The van der Waals surface area contributed by atoms with E-state index in [0.29, 0.717) is 35.7 Å². The van der Waals surface area contributed by atoms with Crippen LogP contribution in [-0.4, -0.2) is 47.8 Å². The molecule has 0 spiro atoms. The number of aryl methyl sites for hydroxylation is 2. The van der Waals surface area contributed by atoms with Gasteiger partial charge >= 0.3 is 0 Å². The number of Topliss-reactive ketones (excluding diaryl/α,β-unsaturated/α-hetero) is 1. The first kappa shape index (κ1) is 33.7. The van der Waals surface area contributed by atoms with Crippen LogP contribution in [0, 0.1) is 13.8 Å². The number of rotatable bonds is 12. The lowest BCUT2D eigenvalue weighted by molar-refractivity contribution is -0.123. The normalized spacial score (nSPS) is 12.0. The average molecular weight is 599 g/mol. The van der Waals surface area contributed by atoms with Crippen molar-refractivity contribution in [3.05, 3.63) is 106 Å². The molecule has 0 saturated heterocycles. The van der Waals surface area contributed by atoms with Gasteiger partial charge in [0.2, 0.25) is 11.8 Å². The predicted octanol–water partition coefficient (Wildman–Crippen LogP) is 4.16. The fourth-order valence-electron chi connectivity index (χ4n) is 5.00. The number of ketones is 1. The molecule has 2 atom stereocenters. The van der Waals surface area contributed by atoms with E-state index in [-0.39, 0.29) is 17.7 Å². The van der Waals surface area contributed by atoms with Crippen molar-refractivity contribution in [2.75, 3.05) is 14.2 Å². The molecular weight excluding hydrogens is 556 g/mol. The van der Waals surface area contributed by atoms with Crippen molar-refractivity contribution >= 4 is 17.6 Å². The molecule has 0 saturated carbocycles. The number of ether oxygens (including phenoxy) is 1. The first-order valence-corrected chi connectivity index (χ1v) is 14.4. The second kappa shape index (κ2) is 15.6. The summed E-state index contributed by atoms with van der Waals surface area (Å²) >= 11 is 0. The van der Waals surface area contributed by atoms with E-state index in [0.717, 1.165) is 33.5 Å². The summed E-state index contributed by atoms with van der Waals surface area (Å²) in [7, 11) is 3.03. The minimum Gasteiger partial charge on any atom is -0.496 e. The Labute approximate surface area is 258 Å². The molecule has 2 amide bonds. The number of aromatic nitrogens is 2. The lowest BCUT2D eigenvalue weighted by Gasteiger charge is -2.23. The lowest BCUT2D eigenvalue weighted by atomic mass is 9.93. The molecule has 0 aliphatic rings. The zero-order valence-corrected chi connectivity index (χ0v) is 26.2. The number of nitrogens with one attached hydrogen (secondary N) is 3. The molecular formula is C34H42N6O4. The van der Waals surface area contributed by atoms with Crippen molar-refractivity contribution in [3.63, 3.8) is 0 Å². The van der Waals surface area contributed by atoms with Crippen LogP contribution in [0.3, 0.4) is 0 Å². The number of imidazole rings is 1. The molecule has 0 bridgehead atoms. The summed E-state index contributed by atoms with van der Waals surface area (Å²) in [4.78, 5) is 45.5. The zero-order chi connectivity index (χ0) is 32.4. The van der Waals surface area contributed by atoms with Gasteiger partial charge in [-0.3, -0.25) is 14.4 Å². The summed E-state index contributed by atoms with van der Waals surface area (Å²) in [5.74, 6) is 0.330. The summed E-state index contributed by atoms with van der Waals surface area (Å²) in [6, 6.07) is 17.7. The maximum atomic E-state index is 13.7. The Morgan fingerprint density at radius 3 is 2.25 bits per heavy atom. The van der Waals surface area contributed by atoms with Gasteiger partial charge < -0.3 is 31.8 Å². The first-order valence-electron chi connectivity index (χ1n) is 14.4. The van der Waals surface area contributed by atoms with E-state index < -0.39 is 11.9 Å². The highest BCUT2D eigenvalue weighted by molar-refractivity contribution is 5.97. The maximum Gasteiger partial charge on any atom is 0.248 e. The molecule has 7 N–H and O–H groups in total. The number of aromatic amines is 1. The van der Waals surface area contributed by atoms with Gasteiger partial charge in [0.25, 0.3) is 0 Å². The molecule has 4 aromatic rings. The number of benzene rings is 3. The largest absolute Gasteiger partial charge is 0.496 e. The third-order valence-electron chi connectivity index (χ3n) is 7.35. The molecule has 232 valence electrons. The Morgan fingerprint density at radius 2 is 1.66 bits per heavy atom. The highest BCUT2D eigenvalue weighted by atomic mass is 16.5. The summed E-state index contributed by atoms with van der Waals surface area (Å²) in [5.41, 5.74) is 16.3. The summed E-state index contributed by atoms with van der Waals surface area (Å²) in [6.45, 7) is 7.52. The molecule has 4 rings (SSSR count). The van der Waals surface area contributed by atoms with Gasteiger partial charge in [-0.15, -0.1) is 0 Å². The molecule has 1 heterocycles. The average Bonchev–Trinajstić information content (AvgIpc) is 3.52. The molecule has 0 fully saturated rings. The Balaban J connectivity index is 0.00000259. The minimum atomic E-state index is -0.629. The van der Waals surface area contributed by atoms with Crippen LogP contribution in [0.15, 0.2) is 66.9 Å². The third-order valence-corrected chi connectivity index (χ3v) is 7.35. The quantitative estimate of drug-likeness (QED) is 0.153. The molecule has 0 radical (unpaired) electrons. The first-order chi connectivity index (χ1) is 21.1. The maximum absolute atomic E-state index is 13.7. The van der Waals surface area contributed by atoms with Crippen LogP contribution in [0.1, 0.15) is 68.7 Å². The van der Waals surface area contributed by atoms with Gasteiger partial charge in [0, 0.05) is 12.1 Å². The van der Waals surface area contributed by atoms with E-state index in [9.17, 15) is 14.4 Å². The summed E-state index contributed by atoms with van der Waals surface area (Å²) in [5, 5.41) is 6.47. The predicted molar refractivity (Wildman–Crippen MR) is 172 cm³/mol. The summed E-state index contributed by atoms with van der Waals surface area (Å²) in [6.07, 6.45) is 2.13. The van der Waals surface area contributed by atoms with Gasteiger partial charge in [-0.05, 0) is 93.2 Å². The van der Waals surface area contributed by atoms with Gasteiger partial charge in [0.15, 0.2) is 5.78 Å². The zero-order valence-electron chi connectivity index (χ0n) is 26.2. The second-order valence-electron chi connectivity index (χ2n) is 10.5. The molecule has 44 heavy (non-hydrogen) atoms. The van der Waals surface area contributed by atoms with E-state index in [4.69, 9.17) is 10.5 Å². The number of H-pyrrole nitrogens is 1. The number of methoxy groups -OCH3 is 1. The standard InChI is InChI=1S/C33H37N5O4.CH5N/c1-19-13-25(31(34)40)14-20(2)26(19)16-28(35-17-23-11-12-30(42-5)27(15-23)22(4)39)33(41)37-21(3)32-36-18-29(38-32)24-9-7-6-8-10-24;1-2/h6-15,18,21,28,35H,16-17H2,1-5H3,(H2,34,40)(H,36,38)(H,37,41);2H2,1H3. The molecule has 1 aromatic heterocycles. The van der Waals surface area contributed by atoms with Crippen molar-refractivity contribution in [2.24, 2.45) is 11.5 Å². The van der Waals surface area contributed by atoms with Gasteiger partial charge in [-0.25, -0.2) is 4.98 Å². The fraction of sp³-hybridized carbons (Fsp3) is 0.294. The van der Waals surface area contributed by atoms with Gasteiger partial charge in [-0.1, -0.05) is 36.4 Å². The molecule has 0 aliphatic carbocycles. The van der Waals surface area contributed by atoms with Crippen LogP contribution in [-0.2, 0) is 17.8 Å². The number of hydrogen-bond acceptors (Lipinski definition) is 7. The van der Waals surface area contributed by atoms with E-state index in [2.05, 4.69) is 26.3 Å². The number of primary amides is 1. The van der Waals surface area contributed by atoms with Crippen LogP contribution in [0.5, 0.6) is 5.75 Å². The van der Waals surface area contributed by atoms with Crippen molar-refractivity contribution in [1.82, 2.24) is 20.6 Å². The SMILES string of the molecule is CN.COc1ccc(CNC(Cc2c(C)cc(C(N)=O)cc2C)C(=O)NC(C)c2ncc(-c3ccccc3)[nH]2)cc1C(C)=O. The second-order valence-corrected chi connectivity index (χ2v) is 10.5. The summed E-state index contributed by atoms with van der Waals surface area (Å²) < 4.78 is 5.33. The van der Waals surface area contributed by atoms with Crippen molar-refractivity contribution < 1.29 is 19.1 Å². The topological polar surface area (TPSA) is 165 Å². The molecule has 3 aromatic carbocycles. The van der Waals surface area contributed by atoms with E-state index in [1.807, 2.05) is 57.2 Å². The van der Waals surface area contributed by atoms with E-state index in [1.165, 1.54) is 21.1 Å². The van der Waals surface area contributed by atoms with Crippen LogP contribution < -0.4 is 26.8 Å². The molecule has 10 nitrogen and oxygen atoms in total. The lowest BCUT2D eigenvalue weighted by Crippen LogP contribution is -2.46. The Morgan fingerprint density at radius 1 is 1.00 bits per heavy atom. The van der Waals surface area contributed by atoms with Gasteiger partial charge in [-0.2, -0.15) is 0 Å². The number of carbonyl (C=O) groups excluding carboxylic acids is 3. The Kier molecular flexibility index (Phi) is 12.0. The number of amides is 2. The molecule has 0 aliphatic heterocycles. The number of carbonyl (C=O) groups is 3. The fourth-order valence-corrected chi connectivity index (χ4v) is 5.00. The Bertz CT molecular complexity index is 1580. The van der Waals surface area contributed by atoms with Crippen molar-refractivity contribution in [3.8, 4) is 17.0 Å². The monoisotopic (exact) mass is 598 g/mol. The minimum absolute atomic E-state index is 0.106. The van der Waals surface area contributed by atoms with Crippen LogP contribution in [0.2, 0.25) is 0 Å². The molecule has 2 unspecified atom stereocenters. The van der Waals surface area contributed by atoms with Crippen molar-refractivity contribution in [1.29, 1.82) is 0 Å². The number of hydrogen-bond donors (Lipinski definition) is 5. The van der Waals surface area contributed by atoms with Crippen LogP contribution in [0.4, 0.5) is 0 Å². The van der Waals surface area contributed by atoms with Gasteiger partial charge in [0.05, 0.1) is 36.6 Å². The van der Waals surface area contributed by atoms with Gasteiger partial charge in [0.1, 0.15) is 11.6 Å². The highest BCUT2D eigenvalue weighted by Gasteiger charge is 2.24. The number of nitrogens with two attached hydrogens (primary N) is 2. The smallest absolute Gasteiger partial charge is 0.248 e. The third kappa shape index (κ3) is 8.40.